The Kier molecular flexibility index (Phi) is 5.77. The summed E-state index contributed by atoms with van der Waals surface area (Å²) < 4.78 is 6.91. The molecule has 1 aliphatic rings. The number of nitrogens with zero attached hydrogens (tertiary/aromatic N) is 2. The Hall–Kier alpha value is -4.85. The minimum atomic E-state index is -0.645. The maximum Gasteiger partial charge on any atom is 0.338 e. The summed E-state index contributed by atoms with van der Waals surface area (Å²) in [5.41, 5.74) is 4.48. The second kappa shape index (κ2) is 9.07. The highest BCUT2D eigenvalue weighted by molar-refractivity contribution is 6.28. The molecule has 36 heavy (non-hydrogen) atoms. The van der Waals surface area contributed by atoms with E-state index in [2.05, 4.69) is 10.4 Å². The second-order valence-electron chi connectivity index (χ2n) is 8.47. The number of amides is 1. The molecule has 4 aromatic rings. The molecule has 3 aromatic carbocycles. The van der Waals surface area contributed by atoms with E-state index in [-0.39, 0.29) is 22.7 Å². The van der Waals surface area contributed by atoms with Gasteiger partial charge >= 0.3 is 5.97 Å². The van der Waals surface area contributed by atoms with E-state index in [1.165, 1.54) is 18.2 Å². The lowest BCUT2D eigenvalue weighted by molar-refractivity contribution is -0.119. The minimum Gasteiger partial charge on any atom is -0.452 e. The number of rotatable bonds is 5. The Bertz CT molecular complexity index is 1550. The summed E-state index contributed by atoms with van der Waals surface area (Å²) in [6.07, 6.45) is 0. The van der Waals surface area contributed by atoms with Crippen molar-refractivity contribution in [3.05, 3.63) is 112 Å². The van der Waals surface area contributed by atoms with Crippen LogP contribution >= 0.6 is 0 Å². The fraction of sp³-hybridized carbons (Fsp3) is 0.107. The summed E-state index contributed by atoms with van der Waals surface area (Å²) in [5, 5.41) is 7.02. The van der Waals surface area contributed by atoms with Crippen LogP contribution in [-0.4, -0.2) is 39.8 Å². The summed E-state index contributed by atoms with van der Waals surface area (Å²) in [7, 11) is 0. The van der Waals surface area contributed by atoms with Gasteiger partial charge in [0.25, 0.3) is 5.91 Å². The van der Waals surface area contributed by atoms with Gasteiger partial charge in [-0.05, 0) is 62.4 Å². The zero-order valence-electron chi connectivity index (χ0n) is 19.6. The number of fused-ring (bicyclic) bond motifs is 2. The van der Waals surface area contributed by atoms with E-state index in [0.717, 1.165) is 17.1 Å². The van der Waals surface area contributed by atoms with Crippen LogP contribution in [0.4, 0.5) is 5.69 Å². The van der Waals surface area contributed by atoms with Crippen molar-refractivity contribution in [2.24, 2.45) is 0 Å². The Morgan fingerprint density at radius 2 is 1.47 bits per heavy atom. The van der Waals surface area contributed by atoms with Crippen molar-refractivity contribution < 1.29 is 23.9 Å². The van der Waals surface area contributed by atoms with Gasteiger partial charge in [0.1, 0.15) is 0 Å². The minimum absolute atomic E-state index is 0.219. The highest BCUT2D eigenvalue weighted by atomic mass is 16.5. The normalized spacial score (nSPS) is 12.1. The molecule has 0 saturated carbocycles. The Morgan fingerprint density at radius 3 is 2.11 bits per heavy atom. The number of hydrogen-bond donors (Lipinski definition) is 1. The molecule has 0 spiro atoms. The Labute approximate surface area is 206 Å². The van der Waals surface area contributed by atoms with Crippen LogP contribution < -0.4 is 5.32 Å². The molecule has 0 fully saturated rings. The molecule has 0 saturated heterocycles. The van der Waals surface area contributed by atoms with Crippen molar-refractivity contribution in [1.29, 1.82) is 0 Å². The third-order valence-electron chi connectivity index (χ3n) is 5.90. The average Bonchev–Trinajstić information content (AvgIpc) is 3.23. The summed E-state index contributed by atoms with van der Waals surface area (Å²) in [5.74, 6) is -1.74. The molecule has 1 heterocycles. The molecule has 8 nitrogen and oxygen atoms in total. The lowest BCUT2D eigenvalue weighted by atomic mass is 9.84. The van der Waals surface area contributed by atoms with Gasteiger partial charge in [-0.1, -0.05) is 24.3 Å². The fourth-order valence-electron chi connectivity index (χ4n) is 4.22. The lowest BCUT2D eigenvalue weighted by Gasteiger charge is -2.18. The third-order valence-corrected chi connectivity index (χ3v) is 5.90. The molecule has 0 radical (unpaired) electrons. The van der Waals surface area contributed by atoms with Crippen LogP contribution in [0.2, 0.25) is 0 Å². The smallest absolute Gasteiger partial charge is 0.338 e. The van der Waals surface area contributed by atoms with Gasteiger partial charge in [0.15, 0.2) is 18.2 Å². The monoisotopic (exact) mass is 479 g/mol. The van der Waals surface area contributed by atoms with Gasteiger partial charge in [-0.2, -0.15) is 5.10 Å². The zero-order chi connectivity index (χ0) is 25.4. The van der Waals surface area contributed by atoms with Crippen LogP contribution in [0.15, 0.2) is 72.8 Å². The molecular formula is C28H21N3O5. The van der Waals surface area contributed by atoms with Crippen LogP contribution in [0.1, 0.15) is 53.6 Å². The molecular weight excluding hydrogens is 458 g/mol. The first-order valence-electron chi connectivity index (χ1n) is 11.2. The molecule has 0 unspecified atom stereocenters. The number of esters is 1. The molecule has 0 atom stereocenters. The van der Waals surface area contributed by atoms with Crippen LogP contribution in [0.5, 0.6) is 0 Å². The van der Waals surface area contributed by atoms with E-state index in [9.17, 15) is 19.2 Å². The van der Waals surface area contributed by atoms with Gasteiger partial charge in [0.2, 0.25) is 0 Å². The number of ether oxygens (including phenoxy) is 1. The summed E-state index contributed by atoms with van der Waals surface area (Å²) in [4.78, 5) is 50.4. The Balaban J connectivity index is 1.22. The average molecular weight is 479 g/mol. The molecule has 1 amide bonds. The van der Waals surface area contributed by atoms with Crippen molar-refractivity contribution in [3.63, 3.8) is 0 Å². The SMILES string of the molecule is Cc1cc(C)n(-c2ccc(C(=O)OCC(=O)Nc3ccc4c(c3)C(=O)c3ccccc3C4=O)cc2)n1. The highest BCUT2D eigenvalue weighted by Crippen LogP contribution is 2.29. The van der Waals surface area contributed by atoms with Crippen molar-refractivity contribution in [1.82, 2.24) is 9.78 Å². The topological polar surface area (TPSA) is 107 Å². The van der Waals surface area contributed by atoms with Crippen LogP contribution in [0.25, 0.3) is 5.69 Å². The van der Waals surface area contributed by atoms with Crippen molar-refractivity contribution in [3.8, 4) is 5.69 Å². The van der Waals surface area contributed by atoms with Crippen molar-refractivity contribution >= 4 is 29.1 Å². The standard InChI is InChI=1S/C28H21N3O5/c1-16-13-17(2)31(30-16)20-10-7-18(8-11-20)28(35)36-15-25(32)29-19-9-12-23-24(14-19)27(34)22-6-4-3-5-21(22)26(23)33/h3-14H,15H2,1-2H3,(H,29,32). The second-order valence-corrected chi connectivity index (χ2v) is 8.47. The number of carbonyl (C=O) groups is 4. The molecule has 1 aromatic heterocycles. The third kappa shape index (κ3) is 4.20. The first-order valence-corrected chi connectivity index (χ1v) is 11.2. The van der Waals surface area contributed by atoms with E-state index in [1.807, 2.05) is 19.9 Å². The zero-order valence-corrected chi connectivity index (χ0v) is 19.6. The first-order chi connectivity index (χ1) is 17.3. The molecule has 178 valence electrons. The predicted molar refractivity (Wildman–Crippen MR) is 132 cm³/mol. The fourth-order valence-corrected chi connectivity index (χ4v) is 4.22. The van der Waals surface area contributed by atoms with Crippen molar-refractivity contribution in [2.45, 2.75) is 13.8 Å². The van der Waals surface area contributed by atoms with Gasteiger partial charge < -0.3 is 10.1 Å². The van der Waals surface area contributed by atoms with E-state index < -0.39 is 18.5 Å². The maximum atomic E-state index is 12.9. The molecule has 5 rings (SSSR count). The summed E-state index contributed by atoms with van der Waals surface area (Å²) in [6, 6.07) is 19.8. The van der Waals surface area contributed by atoms with Crippen LogP contribution in [0.3, 0.4) is 0 Å². The largest absolute Gasteiger partial charge is 0.452 e. The number of benzene rings is 3. The molecule has 0 aliphatic heterocycles. The number of aryl methyl sites for hydroxylation is 2. The van der Waals surface area contributed by atoms with Gasteiger partial charge in [0.05, 0.1) is 16.9 Å². The van der Waals surface area contributed by atoms with E-state index in [0.29, 0.717) is 22.4 Å². The maximum absolute atomic E-state index is 12.9. The number of ketones is 2. The number of nitrogens with one attached hydrogen (secondary N) is 1. The number of anilines is 1. The van der Waals surface area contributed by atoms with Crippen LogP contribution in [-0.2, 0) is 9.53 Å². The first kappa shape index (κ1) is 22.9. The molecule has 8 heteroatoms. The number of carbonyl (C=O) groups excluding carboxylic acids is 4. The van der Waals surface area contributed by atoms with Gasteiger partial charge in [-0.3, -0.25) is 14.4 Å². The van der Waals surface area contributed by atoms with Gasteiger partial charge in [-0.15, -0.1) is 0 Å². The Morgan fingerprint density at radius 1 is 0.833 bits per heavy atom. The van der Waals surface area contributed by atoms with E-state index >= 15 is 0 Å². The summed E-state index contributed by atoms with van der Waals surface area (Å²) >= 11 is 0. The van der Waals surface area contributed by atoms with E-state index in [4.69, 9.17) is 4.74 Å². The highest BCUT2D eigenvalue weighted by Gasteiger charge is 2.29. The number of aromatic nitrogens is 2. The lowest BCUT2D eigenvalue weighted by Crippen LogP contribution is -2.23. The van der Waals surface area contributed by atoms with Crippen molar-refractivity contribution in [2.75, 3.05) is 11.9 Å². The molecule has 0 bridgehead atoms. The van der Waals surface area contributed by atoms with Gasteiger partial charge in [0, 0.05) is 33.6 Å². The quantitative estimate of drug-likeness (QED) is 0.381. The number of hydrogen-bond acceptors (Lipinski definition) is 6. The predicted octanol–water partition coefficient (Wildman–Crippen LogP) is 4.06. The van der Waals surface area contributed by atoms with E-state index in [1.54, 1.807) is 53.2 Å². The van der Waals surface area contributed by atoms with Crippen LogP contribution in [0, 0.1) is 13.8 Å². The molecule has 1 aliphatic carbocycles. The molecule has 1 N–H and O–H groups in total. The summed E-state index contributed by atoms with van der Waals surface area (Å²) in [6.45, 7) is 3.34. The van der Waals surface area contributed by atoms with Gasteiger partial charge in [-0.25, -0.2) is 9.48 Å².